The fraction of sp³-hybridized carbons (Fsp3) is 0.222. The molecule has 0 aliphatic heterocycles. The van der Waals surface area contributed by atoms with E-state index < -0.39 is 16.2 Å². The van der Waals surface area contributed by atoms with Crippen LogP contribution in [0.4, 0.5) is 0 Å². The molecule has 1 aromatic carbocycles. The standard InChI is InChI=1S/C9H10O4S/c1-2-13-8-5-3-4-7(6-8)9(10)14(11)12/h3-6H,2H2,1H3,(H,11,12). The minimum atomic E-state index is -2.47. The van der Waals surface area contributed by atoms with Crippen LogP contribution in [0.25, 0.3) is 0 Å². The summed E-state index contributed by atoms with van der Waals surface area (Å²) in [4.78, 5) is 11.1. The van der Waals surface area contributed by atoms with Gasteiger partial charge in [0.2, 0.25) is 11.1 Å². The van der Waals surface area contributed by atoms with Crippen LogP contribution >= 0.6 is 0 Å². The van der Waals surface area contributed by atoms with Gasteiger partial charge in [-0.05, 0) is 19.1 Å². The highest BCUT2D eigenvalue weighted by molar-refractivity contribution is 7.95. The van der Waals surface area contributed by atoms with Crippen LogP contribution < -0.4 is 4.74 Å². The van der Waals surface area contributed by atoms with E-state index in [1.54, 1.807) is 12.1 Å². The summed E-state index contributed by atoms with van der Waals surface area (Å²) >= 11 is -2.47. The molecule has 0 heterocycles. The largest absolute Gasteiger partial charge is 0.494 e. The van der Waals surface area contributed by atoms with Gasteiger partial charge in [0.25, 0.3) is 5.12 Å². The lowest BCUT2D eigenvalue weighted by atomic mass is 10.2. The van der Waals surface area contributed by atoms with Gasteiger partial charge in [0.15, 0.2) is 0 Å². The lowest BCUT2D eigenvalue weighted by molar-refractivity contribution is 0.107. The number of hydrogen-bond acceptors (Lipinski definition) is 3. The molecule has 0 aromatic heterocycles. The molecule has 0 aliphatic rings. The fourth-order valence-corrected chi connectivity index (χ4v) is 1.31. The smallest absolute Gasteiger partial charge is 0.276 e. The highest BCUT2D eigenvalue weighted by Gasteiger charge is 2.12. The Kier molecular flexibility index (Phi) is 3.79. The molecule has 1 unspecified atom stereocenters. The van der Waals surface area contributed by atoms with E-state index in [0.29, 0.717) is 12.4 Å². The van der Waals surface area contributed by atoms with Gasteiger partial charge in [0.1, 0.15) is 5.75 Å². The van der Waals surface area contributed by atoms with Crippen molar-refractivity contribution in [2.24, 2.45) is 0 Å². The third-order valence-electron chi connectivity index (χ3n) is 1.54. The molecular formula is C9H10O4S. The SMILES string of the molecule is CCOc1cccc(C(=O)S(=O)O)c1. The number of carbonyl (C=O) groups excluding carboxylic acids is 1. The fourth-order valence-electron chi connectivity index (χ4n) is 0.980. The molecule has 76 valence electrons. The summed E-state index contributed by atoms with van der Waals surface area (Å²) in [5.74, 6) is 0.517. The third kappa shape index (κ3) is 2.65. The Morgan fingerprint density at radius 2 is 2.29 bits per heavy atom. The van der Waals surface area contributed by atoms with Gasteiger partial charge >= 0.3 is 0 Å². The lowest BCUT2D eigenvalue weighted by Gasteiger charge is -2.03. The van der Waals surface area contributed by atoms with Gasteiger partial charge in [-0.3, -0.25) is 9.35 Å². The molecule has 1 atom stereocenters. The zero-order valence-electron chi connectivity index (χ0n) is 7.60. The number of ether oxygens (including phenoxy) is 1. The van der Waals surface area contributed by atoms with Crippen LogP contribution in [0.3, 0.4) is 0 Å². The second-order valence-electron chi connectivity index (χ2n) is 2.50. The van der Waals surface area contributed by atoms with Crippen molar-refractivity contribution >= 4 is 16.2 Å². The molecule has 14 heavy (non-hydrogen) atoms. The van der Waals surface area contributed by atoms with Gasteiger partial charge in [-0.1, -0.05) is 12.1 Å². The molecule has 0 spiro atoms. The summed E-state index contributed by atoms with van der Waals surface area (Å²) in [7, 11) is 0. The first-order chi connectivity index (χ1) is 6.65. The van der Waals surface area contributed by atoms with E-state index in [1.807, 2.05) is 6.92 Å². The van der Waals surface area contributed by atoms with Crippen LogP contribution in [-0.2, 0) is 11.1 Å². The average molecular weight is 214 g/mol. The van der Waals surface area contributed by atoms with E-state index in [-0.39, 0.29) is 5.56 Å². The monoisotopic (exact) mass is 214 g/mol. The summed E-state index contributed by atoms with van der Waals surface area (Å²) in [6, 6.07) is 6.20. The maximum Gasteiger partial charge on any atom is 0.276 e. The first-order valence-corrected chi connectivity index (χ1v) is 5.14. The average Bonchev–Trinajstić information content (AvgIpc) is 2.17. The Morgan fingerprint density at radius 1 is 1.57 bits per heavy atom. The molecule has 0 aliphatic carbocycles. The zero-order chi connectivity index (χ0) is 10.6. The Hall–Kier alpha value is -1.20. The van der Waals surface area contributed by atoms with Crippen LogP contribution in [-0.4, -0.2) is 20.5 Å². The summed E-state index contributed by atoms with van der Waals surface area (Å²) < 4.78 is 24.2. The zero-order valence-corrected chi connectivity index (χ0v) is 8.41. The van der Waals surface area contributed by atoms with E-state index in [9.17, 15) is 9.00 Å². The molecule has 1 N–H and O–H groups in total. The predicted octanol–water partition coefficient (Wildman–Crippen LogP) is 1.45. The molecule has 0 radical (unpaired) electrons. The molecule has 1 rings (SSSR count). The van der Waals surface area contributed by atoms with Gasteiger partial charge < -0.3 is 4.74 Å². The summed E-state index contributed by atoms with van der Waals surface area (Å²) in [6.45, 7) is 2.30. The number of rotatable bonds is 3. The van der Waals surface area contributed by atoms with Crippen molar-refractivity contribution in [3.05, 3.63) is 29.8 Å². The van der Waals surface area contributed by atoms with Crippen molar-refractivity contribution in [2.75, 3.05) is 6.61 Å². The quantitative estimate of drug-likeness (QED) is 0.773. The summed E-state index contributed by atoms with van der Waals surface area (Å²) in [6.07, 6.45) is 0. The normalized spacial score (nSPS) is 12.1. The van der Waals surface area contributed by atoms with E-state index >= 15 is 0 Å². The van der Waals surface area contributed by atoms with Crippen molar-refractivity contribution in [1.82, 2.24) is 0 Å². The Labute approximate surface area is 84.2 Å². The number of benzene rings is 1. The van der Waals surface area contributed by atoms with E-state index in [2.05, 4.69) is 0 Å². The van der Waals surface area contributed by atoms with Gasteiger partial charge in [0.05, 0.1) is 6.61 Å². The Balaban J connectivity index is 2.93. The molecule has 0 saturated heterocycles. The Bertz CT molecular complexity index is 362. The first kappa shape index (κ1) is 10.9. The minimum Gasteiger partial charge on any atom is -0.494 e. The second-order valence-corrected chi connectivity index (χ2v) is 3.37. The van der Waals surface area contributed by atoms with Gasteiger partial charge in [-0.15, -0.1) is 0 Å². The third-order valence-corrected chi connectivity index (χ3v) is 2.09. The molecule has 0 bridgehead atoms. The summed E-state index contributed by atoms with van der Waals surface area (Å²) in [5.41, 5.74) is 0.178. The number of carbonyl (C=O) groups is 1. The van der Waals surface area contributed by atoms with E-state index in [4.69, 9.17) is 9.29 Å². The Morgan fingerprint density at radius 3 is 2.86 bits per heavy atom. The molecule has 5 heteroatoms. The highest BCUT2D eigenvalue weighted by atomic mass is 32.2. The van der Waals surface area contributed by atoms with E-state index in [0.717, 1.165) is 0 Å². The molecule has 0 amide bonds. The number of hydrogen-bond donors (Lipinski definition) is 1. The van der Waals surface area contributed by atoms with Crippen LogP contribution in [0.1, 0.15) is 17.3 Å². The van der Waals surface area contributed by atoms with Crippen LogP contribution in [0.2, 0.25) is 0 Å². The van der Waals surface area contributed by atoms with E-state index in [1.165, 1.54) is 12.1 Å². The molecule has 0 saturated carbocycles. The van der Waals surface area contributed by atoms with Crippen LogP contribution in [0.5, 0.6) is 5.75 Å². The maximum atomic E-state index is 11.1. The van der Waals surface area contributed by atoms with Crippen molar-refractivity contribution in [2.45, 2.75) is 6.92 Å². The maximum absolute atomic E-state index is 11.1. The van der Waals surface area contributed by atoms with Crippen molar-refractivity contribution in [1.29, 1.82) is 0 Å². The van der Waals surface area contributed by atoms with Gasteiger partial charge in [-0.25, -0.2) is 4.21 Å². The van der Waals surface area contributed by atoms with Crippen molar-refractivity contribution < 1.29 is 18.3 Å². The molecule has 1 aromatic rings. The minimum absolute atomic E-state index is 0.178. The van der Waals surface area contributed by atoms with Crippen LogP contribution in [0, 0.1) is 0 Å². The molecular weight excluding hydrogens is 204 g/mol. The lowest BCUT2D eigenvalue weighted by Crippen LogP contribution is -2.06. The molecule has 4 nitrogen and oxygen atoms in total. The van der Waals surface area contributed by atoms with Gasteiger partial charge in [0, 0.05) is 5.56 Å². The van der Waals surface area contributed by atoms with Crippen LogP contribution in [0.15, 0.2) is 24.3 Å². The molecule has 0 fully saturated rings. The second kappa shape index (κ2) is 4.88. The highest BCUT2D eigenvalue weighted by Crippen LogP contribution is 2.14. The summed E-state index contributed by atoms with van der Waals surface area (Å²) in [5, 5.41) is -0.813. The van der Waals surface area contributed by atoms with Crippen molar-refractivity contribution in [3.63, 3.8) is 0 Å². The topological polar surface area (TPSA) is 63.6 Å². The van der Waals surface area contributed by atoms with Crippen molar-refractivity contribution in [3.8, 4) is 5.75 Å². The first-order valence-electron chi connectivity index (χ1n) is 4.03. The van der Waals surface area contributed by atoms with Gasteiger partial charge in [-0.2, -0.15) is 0 Å². The predicted molar refractivity (Wildman–Crippen MR) is 52.7 cm³/mol.